The molecular weight excluding hydrogens is 286 g/mol. The molecule has 0 heterocycles. The number of anilines is 1. The lowest BCUT2D eigenvalue weighted by molar-refractivity contribution is -0.274. The molecule has 1 unspecified atom stereocenters. The summed E-state index contributed by atoms with van der Waals surface area (Å²) in [4.78, 5) is 0. The molecule has 1 N–H and O–H groups in total. The number of ether oxygens (including phenoxy) is 1. The van der Waals surface area contributed by atoms with Crippen molar-refractivity contribution >= 4 is 5.69 Å². The number of hydrogen-bond acceptors (Lipinski definition) is 2. The Labute approximate surface area is 119 Å². The van der Waals surface area contributed by atoms with E-state index in [-0.39, 0.29) is 11.6 Å². The van der Waals surface area contributed by atoms with Gasteiger partial charge in [-0.25, -0.2) is 4.39 Å². The molecule has 0 saturated heterocycles. The van der Waals surface area contributed by atoms with Gasteiger partial charge in [-0.05, 0) is 25.1 Å². The maximum atomic E-state index is 13.6. The lowest BCUT2D eigenvalue weighted by atomic mass is 10.1. The largest absolute Gasteiger partial charge is 0.573 e. The molecule has 0 aliphatic carbocycles. The van der Waals surface area contributed by atoms with Crippen LogP contribution in [0.5, 0.6) is 5.75 Å². The van der Waals surface area contributed by atoms with Crippen LogP contribution in [0, 0.1) is 5.82 Å². The average Bonchev–Trinajstić information content (AvgIpc) is 2.37. The first kappa shape index (κ1) is 15.2. The maximum Gasteiger partial charge on any atom is 0.573 e. The Morgan fingerprint density at radius 1 is 1.05 bits per heavy atom. The molecule has 2 aromatic carbocycles. The number of nitrogens with one attached hydrogen (secondary N) is 1. The van der Waals surface area contributed by atoms with Crippen molar-refractivity contribution in [3.05, 3.63) is 59.9 Å². The normalized spacial score (nSPS) is 12.8. The van der Waals surface area contributed by atoms with Crippen LogP contribution in [0.1, 0.15) is 18.5 Å². The van der Waals surface area contributed by atoms with Gasteiger partial charge in [-0.1, -0.05) is 24.3 Å². The molecule has 112 valence electrons. The van der Waals surface area contributed by atoms with Gasteiger partial charge in [0.15, 0.2) is 0 Å². The Balaban J connectivity index is 2.13. The third kappa shape index (κ3) is 4.37. The van der Waals surface area contributed by atoms with E-state index in [4.69, 9.17) is 0 Å². The standard InChI is InChI=1S/C15H13F4NO/c1-10(13-7-2-3-8-14(13)16)20-11-5-4-6-12(9-11)21-15(17,18)19/h2-10,20H,1H3. The minimum atomic E-state index is -4.74. The van der Waals surface area contributed by atoms with E-state index in [0.717, 1.165) is 0 Å². The first-order valence-electron chi connectivity index (χ1n) is 6.22. The van der Waals surface area contributed by atoms with E-state index >= 15 is 0 Å². The summed E-state index contributed by atoms with van der Waals surface area (Å²) in [7, 11) is 0. The van der Waals surface area contributed by atoms with Crippen LogP contribution in [-0.2, 0) is 0 Å². The van der Waals surface area contributed by atoms with E-state index in [1.165, 1.54) is 24.3 Å². The van der Waals surface area contributed by atoms with Crippen LogP contribution in [0.15, 0.2) is 48.5 Å². The summed E-state index contributed by atoms with van der Waals surface area (Å²) < 4.78 is 54.0. The third-order valence-corrected chi connectivity index (χ3v) is 2.82. The highest BCUT2D eigenvalue weighted by atomic mass is 19.4. The Bertz CT molecular complexity index is 613. The lowest BCUT2D eigenvalue weighted by Crippen LogP contribution is -2.17. The number of hydrogen-bond donors (Lipinski definition) is 1. The average molecular weight is 299 g/mol. The highest BCUT2D eigenvalue weighted by Gasteiger charge is 2.31. The molecule has 0 saturated carbocycles. The summed E-state index contributed by atoms with van der Waals surface area (Å²) in [5.74, 6) is -0.701. The molecule has 2 rings (SSSR count). The molecule has 2 aromatic rings. The van der Waals surface area contributed by atoms with Gasteiger partial charge in [0.25, 0.3) is 0 Å². The zero-order valence-corrected chi connectivity index (χ0v) is 11.1. The minimum Gasteiger partial charge on any atom is -0.406 e. The second-order valence-electron chi connectivity index (χ2n) is 4.46. The molecule has 0 aliphatic heterocycles. The van der Waals surface area contributed by atoms with E-state index < -0.39 is 12.4 Å². The van der Waals surface area contributed by atoms with Gasteiger partial charge in [0, 0.05) is 17.3 Å². The predicted octanol–water partition coefficient (Wildman–Crippen LogP) is 4.90. The van der Waals surface area contributed by atoms with Crippen LogP contribution in [0.2, 0.25) is 0 Å². The van der Waals surface area contributed by atoms with Crippen molar-refractivity contribution in [2.24, 2.45) is 0 Å². The van der Waals surface area contributed by atoms with E-state index in [1.54, 1.807) is 31.2 Å². The van der Waals surface area contributed by atoms with Crippen LogP contribution in [0.3, 0.4) is 0 Å². The molecule has 21 heavy (non-hydrogen) atoms. The highest BCUT2D eigenvalue weighted by Crippen LogP contribution is 2.27. The predicted molar refractivity (Wildman–Crippen MR) is 71.6 cm³/mol. The van der Waals surface area contributed by atoms with Crippen LogP contribution in [-0.4, -0.2) is 6.36 Å². The molecular formula is C15H13F4NO. The van der Waals surface area contributed by atoms with Gasteiger partial charge < -0.3 is 10.1 Å². The second-order valence-corrected chi connectivity index (χ2v) is 4.46. The molecule has 0 aromatic heterocycles. The molecule has 0 fully saturated rings. The van der Waals surface area contributed by atoms with Crippen LogP contribution in [0.4, 0.5) is 23.2 Å². The number of rotatable bonds is 4. The fourth-order valence-electron chi connectivity index (χ4n) is 1.94. The molecule has 2 nitrogen and oxygen atoms in total. The Kier molecular flexibility index (Phi) is 4.35. The Morgan fingerprint density at radius 3 is 2.43 bits per heavy atom. The summed E-state index contributed by atoms with van der Waals surface area (Å²) in [5.41, 5.74) is 0.840. The molecule has 0 aliphatic rings. The molecule has 0 spiro atoms. The van der Waals surface area contributed by atoms with Gasteiger partial charge in [0.1, 0.15) is 11.6 Å². The fraction of sp³-hybridized carbons (Fsp3) is 0.200. The first-order valence-corrected chi connectivity index (χ1v) is 6.22. The number of alkyl halides is 3. The van der Waals surface area contributed by atoms with Gasteiger partial charge in [-0.3, -0.25) is 0 Å². The number of halogens is 4. The second kappa shape index (κ2) is 6.03. The molecule has 0 bridgehead atoms. The Morgan fingerprint density at radius 2 is 1.76 bits per heavy atom. The van der Waals surface area contributed by atoms with E-state index in [2.05, 4.69) is 10.1 Å². The van der Waals surface area contributed by atoms with Gasteiger partial charge >= 0.3 is 6.36 Å². The van der Waals surface area contributed by atoms with E-state index in [0.29, 0.717) is 11.3 Å². The van der Waals surface area contributed by atoms with Gasteiger partial charge in [-0.15, -0.1) is 13.2 Å². The van der Waals surface area contributed by atoms with Gasteiger partial charge in [0.2, 0.25) is 0 Å². The third-order valence-electron chi connectivity index (χ3n) is 2.82. The lowest BCUT2D eigenvalue weighted by Gasteiger charge is -2.17. The summed E-state index contributed by atoms with van der Waals surface area (Å²) in [6.45, 7) is 1.72. The van der Waals surface area contributed by atoms with E-state index in [9.17, 15) is 17.6 Å². The van der Waals surface area contributed by atoms with Crippen molar-refractivity contribution in [1.82, 2.24) is 0 Å². The summed E-state index contributed by atoms with van der Waals surface area (Å²) in [6.07, 6.45) is -4.74. The maximum absolute atomic E-state index is 13.6. The zero-order chi connectivity index (χ0) is 15.5. The van der Waals surface area contributed by atoms with Crippen molar-refractivity contribution in [3.63, 3.8) is 0 Å². The molecule has 0 amide bonds. The summed E-state index contributed by atoms with van der Waals surface area (Å²) in [5, 5.41) is 2.94. The SMILES string of the molecule is CC(Nc1cccc(OC(F)(F)F)c1)c1ccccc1F. The van der Waals surface area contributed by atoms with Crippen LogP contribution >= 0.6 is 0 Å². The van der Waals surface area contributed by atoms with E-state index in [1.807, 2.05) is 0 Å². The smallest absolute Gasteiger partial charge is 0.406 e. The van der Waals surface area contributed by atoms with Crippen molar-refractivity contribution in [2.75, 3.05) is 5.32 Å². The van der Waals surface area contributed by atoms with Gasteiger partial charge in [-0.2, -0.15) is 0 Å². The fourth-order valence-corrected chi connectivity index (χ4v) is 1.94. The van der Waals surface area contributed by atoms with Crippen LogP contribution in [0.25, 0.3) is 0 Å². The quantitative estimate of drug-likeness (QED) is 0.811. The topological polar surface area (TPSA) is 21.3 Å². The van der Waals surface area contributed by atoms with Crippen molar-refractivity contribution in [2.45, 2.75) is 19.3 Å². The number of benzene rings is 2. The monoisotopic (exact) mass is 299 g/mol. The molecule has 1 atom stereocenters. The van der Waals surface area contributed by atoms with Crippen molar-refractivity contribution in [3.8, 4) is 5.75 Å². The van der Waals surface area contributed by atoms with Crippen molar-refractivity contribution in [1.29, 1.82) is 0 Å². The zero-order valence-electron chi connectivity index (χ0n) is 11.1. The Hall–Kier alpha value is -2.24. The first-order chi connectivity index (χ1) is 9.85. The van der Waals surface area contributed by atoms with Crippen molar-refractivity contribution < 1.29 is 22.3 Å². The molecule has 0 radical (unpaired) electrons. The summed E-state index contributed by atoms with van der Waals surface area (Å²) >= 11 is 0. The minimum absolute atomic E-state index is 0.326. The molecule has 6 heteroatoms. The van der Waals surface area contributed by atoms with Crippen LogP contribution < -0.4 is 10.1 Å². The van der Waals surface area contributed by atoms with Gasteiger partial charge in [0.05, 0.1) is 6.04 Å². The summed E-state index contributed by atoms with van der Waals surface area (Å²) in [6, 6.07) is 11.2. The highest BCUT2D eigenvalue weighted by molar-refractivity contribution is 5.49.